The lowest BCUT2D eigenvalue weighted by molar-refractivity contribution is 0.491. The number of aryl methyl sites for hydroxylation is 1. The molecule has 8 aromatic rings. The fraction of sp³-hybridized carbons (Fsp3) is 0.115. The van der Waals surface area contributed by atoms with Crippen LogP contribution in [0.2, 0.25) is 0 Å². The first-order chi connectivity index (χ1) is 26.1. The Balaban J connectivity index is 1.22. The molecule has 1 nitrogen and oxygen atoms in total. The summed E-state index contributed by atoms with van der Waals surface area (Å²) in [5.41, 5.74) is 19.0. The smallest absolute Gasteiger partial charge is 0.0390 e. The molecule has 0 aromatic heterocycles. The average molecular weight is 682 g/mol. The summed E-state index contributed by atoms with van der Waals surface area (Å²) < 4.78 is 0. The molecule has 0 spiro atoms. The van der Waals surface area contributed by atoms with Crippen molar-refractivity contribution >= 4 is 22.1 Å². The number of hydrogen-bond acceptors (Lipinski definition) is 1. The van der Waals surface area contributed by atoms with Crippen molar-refractivity contribution in [1.29, 1.82) is 0 Å². The van der Waals surface area contributed by atoms with Crippen LogP contribution in [0.3, 0.4) is 0 Å². The van der Waals surface area contributed by atoms with Gasteiger partial charge in [-0.05, 0) is 139 Å². The van der Waals surface area contributed by atoms with Crippen molar-refractivity contribution in [2.24, 2.45) is 0 Å². The Labute approximate surface area is 313 Å². The first-order valence-corrected chi connectivity index (χ1v) is 19.0. The number of anilines is 2. The molecule has 1 N–H and O–H groups in total. The number of hydrogen-bond donors (Lipinski definition) is 1. The molecule has 256 valence electrons. The molecule has 0 atom stereocenters. The molecule has 9 rings (SSSR count). The van der Waals surface area contributed by atoms with E-state index < -0.39 is 0 Å². The van der Waals surface area contributed by atoms with Gasteiger partial charge in [0.1, 0.15) is 0 Å². The molecule has 0 heterocycles. The summed E-state index contributed by atoms with van der Waals surface area (Å²) in [5, 5.41) is 6.41. The summed E-state index contributed by atoms with van der Waals surface area (Å²) >= 11 is 0. The van der Waals surface area contributed by atoms with Crippen LogP contribution in [0.5, 0.6) is 0 Å². The van der Waals surface area contributed by atoms with Gasteiger partial charge in [-0.25, -0.2) is 0 Å². The van der Waals surface area contributed by atoms with Crippen molar-refractivity contribution in [2.75, 3.05) is 5.32 Å². The van der Waals surface area contributed by atoms with E-state index >= 15 is 0 Å². The van der Waals surface area contributed by atoms with Crippen molar-refractivity contribution in [3.8, 4) is 55.6 Å². The number of fused-ring (bicyclic) bond motifs is 5. The van der Waals surface area contributed by atoms with Crippen LogP contribution >= 0.6 is 0 Å². The number of benzene rings is 8. The first-order valence-electron chi connectivity index (χ1n) is 19.0. The summed E-state index contributed by atoms with van der Waals surface area (Å²) in [4.78, 5) is 0. The maximum Gasteiger partial charge on any atom is 0.0390 e. The van der Waals surface area contributed by atoms with Gasteiger partial charge in [-0.1, -0.05) is 153 Å². The van der Waals surface area contributed by atoms with Crippen LogP contribution in [0.25, 0.3) is 66.4 Å². The third kappa shape index (κ3) is 5.56. The van der Waals surface area contributed by atoms with Crippen molar-refractivity contribution in [3.05, 3.63) is 193 Å². The number of rotatable bonds is 8. The Morgan fingerprint density at radius 2 is 0.981 bits per heavy atom. The Kier molecular flexibility index (Phi) is 8.28. The minimum atomic E-state index is -0.113. The molecule has 0 aliphatic heterocycles. The second-order valence-electron chi connectivity index (χ2n) is 14.5. The van der Waals surface area contributed by atoms with Gasteiger partial charge in [0.15, 0.2) is 0 Å². The lowest BCUT2D eigenvalue weighted by atomic mass is 9.72. The van der Waals surface area contributed by atoms with E-state index in [9.17, 15) is 0 Å². The first kappa shape index (κ1) is 32.7. The molecule has 1 aliphatic carbocycles. The van der Waals surface area contributed by atoms with Crippen LogP contribution in [0.4, 0.5) is 11.4 Å². The Bertz CT molecular complexity index is 2600. The van der Waals surface area contributed by atoms with Gasteiger partial charge in [0.2, 0.25) is 0 Å². The van der Waals surface area contributed by atoms with Gasteiger partial charge in [0.05, 0.1) is 0 Å². The summed E-state index contributed by atoms with van der Waals surface area (Å²) in [7, 11) is 0. The van der Waals surface area contributed by atoms with Gasteiger partial charge in [-0.3, -0.25) is 0 Å². The molecule has 0 saturated carbocycles. The van der Waals surface area contributed by atoms with Crippen LogP contribution in [-0.2, 0) is 5.41 Å². The van der Waals surface area contributed by atoms with E-state index in [1.54, 1.807) is 0 Å². The fourth-order valence-corrected chi connectivity index (χ4v) is 9.00. The minimum Gasteiger partial charge on any atom is -0.356 e. The van der Waals surface area contributed by atoms with E-state index in [0.29, 0.717) is 0 Å². The predicted octanol–water partition coefficient (Wildman–Crippen LogP) is 14.6. The topological polar surface area (TPSA) is 12.0 Å². The average Bonchev–Trinajstić information content (AvgIpc) is 3.50. The fourth-order valence-electron chi connectivity index (χ4n) is 9.00. The van der Waals surface area contributed by atoms with E-state index in [0.717, 1.165) is 24.2 Å². The van der Waals surface area contributed by atoms with Gasteiger partial charge in [-0.15, -0.1) is 0 Å². The van der Waals surface area contributed by atoms with Crippen LogP contribution in [0.1, 0.15) is 43.4 Å². The largest absolute Gasteiger partial charge is 0.356 e. The summed E-state index contributed by atoms with van der Waals surface area (Å²) in [6, 6.07) is 64.6. The second-order valence-corrected chi connectivity index (χ2v) is 14.5. The molecule has 0 fully saturated rings. The summed E-state index contributed by atoms with van der Waals surface area (Å²) in [6.45, 7) is 7.04. The van der Waals surface area contributed by atoms with E-state index in [-0.39, 0.29) is 5.41 Å². The van der Waals surface area contributed by atoms with Crippen LogP contribution in [0.15, 0.2) is 176 Å². The maximum atomic E-state index is 3.78. The minimum absolute atomic E-state index is 0.113. The van der Waals surface area contributed by atoms with Gasteiger partial charge in [-0.2, -0.15) is 0 Å². The molecule has 0 unspecified atom stereocenters. The molecule has 0 saturated heterocycles. The molecule has 0 amide bonds. The lowest BCUT2D eigenvalue weighted by Gasteiger charge is -2.31. The third-order valence-corrected chi connectivity index (χ3v) is 11.6. The Morgan fingerprint density at radius 1 is 0.396 bits per heavy atom. The predicted molar refractivity (Wildman–Crippen MR) is 227 cm³/mol. The van der Waals surface area contributed by atoms with Gasteiger partial charge in [0.25, 0.3) is 0 Å². The van der Waals surface area contributed by atoms with E-state index in [1.165, 1.54) is 83.1 Å². The Hall–Kier alpha value is -6.18. The molecular formula is C52H43N. The molecule has 53 heavy (non-hydrogen) atoms. The van der Waals surface area contributed by atoms with Gasteiger partial charge < -0.3 is 5.32 Å². The summed E-state index contributed by atoms with van der Waals surface area (Å²) in [6.07, 6.45) is 2.04. The van der Waals surface area contributed by atoms with Gasteiger partial charge in [0, 0.05) is 16.8 Å². The van der Waals surface area contributed by atoms with Crippen molar-refractivity contribution in [3.63, 3.8) is 0 Å². The van der Waals surface area contributed by atoms with Crippen molar-refractivity contribution in [2.45, 2.75) is 39.0 Å². The highest BCUT2D eigenvalue weighted by Gasteiger charge is 2.42. The molecular weight excluding hydrogens is 639 g/mol. The zero-order valence-corrected chi connectivity index (χ0v) is 30.7. The quantitative estimate of drug-likeness (QED) is 0.168. The maximum absolute atomic E-state index is 3.78. The highest BCUT2D eigenvalue weighted by Crippen LogP contribution is 2.57. The second kappa shape index (κ2) is 13.4. The summed E-state index contributed by atoms with van der Waals surface area (Å²) in [5.74, 6) is 0. The van der Waals surface area contributed by atoms with Crippen molar-refractivity contribution < 1.29 is 0 Å². The van der Waals surface area contributed by atoms with E-state index in [4.69, 9.17) is 0 Å². The third-order valence-electron chi connectivity index (χ3n) is 11.6. The highest BCUT2D eigenvalue weighted by molar-refractivity contribution is 6.11. The lowest BCUT2D eigenvalue weighted by Crippen LogP contribution is -2.23. The zero-order chi connectivity index (χ0) is 35.9. The van der Waals surface area contributed by atoms with Crippen LogP contribution < -0.4 is 5.32 Å². The number of nitrogens with one attached hydrogen (secondary N) is 1. The zero-order valence-electron chi connectivity index (χ0n) is 30.7. The van der Waals surface area contributed by atoms with Crippen LogP contribution in [0, 0.1) is 6.92 Å². The normalized spacial score (nSPS) is 12.7. The SMILES string of the molecule is CCC1(CC)c2cc(Nc3cccc(-c4ccccc4)c3)ccc2-c2c1cc(-c1c(C)cc(-c3ccccc3)cc1-c1ccccc1)c1ccccc21. The molecule has 1 heteroatoms. The highest BCUT2D eigenvalue weighted by atomic mass is 14.9. The van der Waals surface area contributed by atoms with Crippen LogP contribution in [-0.4, -0.2) is 0 Å². The van der Waals surface area contributed by atoms with E-state index in [1.807, 2.05) is 0 Å². The standard InChI is InChI=1S/C52H43N/c1-4-52(5-2)48-33-42(53-41-25-17-24-39(31-41)36-18-9-6-10-19-36)28-29-45(48)51-44-27-16-15-26-43(44)47(34-49(51)52)50-35(3)30-40(37-20-11-7-12-21-37)32-46(50)38-22-13-8-14-23-38/h6-34,53H,4-5H2,1-3H3. The monoisotopic (exact) mass is 681 g/mol. The molecule has 0 bridgehead atoms. The van der Waals surface area contributed by atoms with Gasteiger partial charge >= 0.3 is 0 Å². The van der Waals surface area contributed by atoms with E-state index in [2.05, 4.69) is 202 Å². The Morgan fingerprint density at radius 3 is 1.66 bits per heavy atom. The molecule has 8 aromatic carbocycles. The van der Waals surface area contributed by atoms with Crippen molar-refractivity contribution in [1.82, 2.24) is 0 Å². The molecule has 0 radical (unpaired) electrons. The molecule has 1 aliphatic rings.